The zero-order valence-electron chi connectivity index (χ0n) is 26.3. The first-order valence-electron chi connectivity index (χ1n) is 16.9. The van der Waals surface area contributed by atoms with E-state index in [2.05, 4.69) is 13.8 Å². The topological polar surface area (TPSA) is 35.5 Å². The maximum Gasteiger partial charge on any atom is 0.185 e. The molecule has 0 spiro atoms. The van der Waals surface area contributed by atoms with Gasteiger partial charge in [0.15, 0.2) is 5.78 Å². The maximum absolute atomic E-state index is 12.7. The third-order valence-corrected chi connectivity index (χ3v) is 7.71. The highest BCUT2D eigenvalue weighted by molar-refractivity contribution is 6.07. The van der Waals surface area contributed by atoms with Gasteiger partial charge in [-0.3, -0.25) is 4.79 Å². The number of carbonyl (C=O) groups is 1. The van der Waals surface area contributed by atoms with Crippen molar-refractivity contribution in [2.75, 3.05) is 13.2 Å². The minimum absolute atomic E-state index is 0.0145. The van der Waals surface area contributed by atoms with Gasteiger partial charge in [-0.05, 0) is 48.7 Å². The van der Waals surface area contributed by atoms with Gasteiger partial charge in [0.05, 0.1) is 13.2 Å². The number of benzene rings is 2. The van der Waals surface area contributed by atoms with Crippen LogP contribution in [0, 0.1) is 0 Å². The van der Waals surface area contributed by atoms with Gasteiger partial charge in [0.2, 0.25) is 0 Å². The molecule has 0 aliphatic rings. The van der Waals surface area contributed by atoms with Crippen LogP contribution in [0.15, 0.2) is 54.6 Å². The first kappa shape index (κ1) is 34.7. The largest absolute Gasteiger partial charge is 0.494 e. The van der Waals surface area contributed by atoms with Crippen molar-refractivity contribution in [3.8, 4) is 11.5 Å². The summed E-state index contributed by atoms with van der Waals surface area (Å²) in [7, 11) is 0. The van der Waals surface area contributed by atoms with Crippen molar-refractivity contribution in [3.63, 3.8) is 0 Å². The SMILES string of the molecule is CCCCCCCCCCCCCCCCOc1cccc(C(=O)/C=C/c2ccc(OCCCCCCC)cc2)c1. The Morgan fingerprint density at radius 3 is 1.54 bits per heavy atom. The van der Waals surface area contributed by atoms with Crippen LogP contribution < -0.4 is 9.47 Å². The van der Waals surface area contributed by atoms with Crippen molar-refractivity contribution in [1.29, 1.82) is 0 Å². The standard InChI is InChI=1S/C38H58O3/c1-3-5-7-9-10-11-12-13-14-15-16-17-19-21-32-41-37-24-22-23-35(33-37)38(39)30-27-34-25-28-36(29-26-34)40-31-20-18-8-6-4-2/h22-30,33H,3-21,31-32H2,1-2H3/b30-27+. The number of rotatable bonds is 26. The highest BCUT2D eigenvalue weighted by Gasteiger charge is 2.04. The van der Waals surface area contributed by atoms with E-state index in [9.17, 15) is 4.79 Å². The van der Waals surface area contributed by atoms with E-state index in [1.165, 1.54) is 109 Å². The molecular weight excluding hydrogens is 504 g/mol. The summed E-state index contributed by atoms with van der Waals surface area (Å²) in [5, 5.41) is 0. The maximum atomic E-state index is 12.7. The zero-order chi connectivity index (χ0) is 29.2. The van der Waals surface area contributed by atoms with Gasteiger partial charge >= 0.3 is 0 Å². The van der Waals surface area contributed by atoms with Crippen LogP contribution in [0.3, 0.4) is 0 Å². The molecule has 0 atom stereocenters. The molecule has 0 radical (unpaired) electrons. The predicted octanol–water partition coefficient (Wildman–Crippen LogP) is 11.8. The average molecular weight is 563 g/mol. The van der Waals surface area contributed by atoms with Gasteiger partial charge in [-0.2, -0.15) is 0 Å². The summed E-state index contributed by atoms with van der Waals surface area (Å²) in [4.78, 5) is 12.7. The van der Waals surface area contributed by atoms with Crippen LogP contribution in [0.4, 0.5) is 0 Å². The van der Waals surface area contributed by atoms with Crippen LogP contribution in [0.1, 0.15) is 152 Å². The fourth-order valence-corrected chi connectivity index (χ4v) is 5.06. The van der Waals surface area contributed by atoms with Crippen LogP contribution in [-0.2, 0) is 0 Å². The van der Waals surface area contributed by atoms with Gasteiger partial charge in [-0.1, -0.05) is 153 Å². The fourth-order valence-electron chi connectivity index (χ4n) is 5.06. The lowest BCUT2D eigenvalue weighted by atomic mass is 10.0. The lowest BCUT2D eigenvalue weighted by molar-refractivity contribution is 0.104. The molecule has 0 unspecified atom stereocenters. The van der Waals surface area contributed by atoms with Crippen LogP contribution in [0.25, 0.3) is 6.08 Å². The molecule has 0 saturated heterocycles. The second-order valence-electron chi connectivity index (χ2n) is 11.5. The third kappa shape index (κ3) is 17.8. The van der Waals surface area contributed by atoms with Crippen molar-refractivity contribution in [3.05, 3.63) is 65.7 Å². The normalized spacial score (nSPS) is 11.3. The number of allylic oxidation sites excluding steroid dienone is 1. The third-order valence-electron chi connectivity index (χ3n) is 7.71. The van der Waals surface area contributed by atoms with Gasteiger partial charge in [0.1, 0.15) is 11.5 Å². The first-order valence-corrected chi connectivity index (χ1v) is 16.9. The molecular formula is C38H58O3. The molecule has 0 N–H and O–H groups in total. The molecule has 0 aromatic heterocycles. The molecule has 0 amide bonds. The number of hydrogen-bond acceptors (Lipinski definition) is 3. The van der Waals surface area contributed by atoms with Gasteiger partial charge in [0, 0.05) is 5.56 Å². The monoisotopic (exact) mass is 562 g/mol. The highest BCUT2D eigenvalue weighted by atomic mass is 16.5. The smallest absolute Gasteiger partial charge is 0.185 e. The molecule has 2 rings (SSSR count). The molecule has 3 nitrogen and oxygen atoms in total. The number of hydrogen-bond donors (Lipinski definition) is 0. The molecule has 0 fully saturated rings. The molecule has 0 heterocycles. The molecule has 0 bridgehead atoms. The van der Waals surface area contributed by atoms with E-state index in [0.29, 0.717) is 12.2 Å². The Balaban J connectivity index is 1.55. The number of carbonyl (C=O) groups excluding carboxylic acids is 1. The van der Waals surface area contributed by atoms with E-state index in [1.54, 1.807) is 6.08 Å². The Morgan fingerprint density at radius 2 is 1.02 bits per heavy atom. The Morgan fingerprint density at radius 1 is 0.561 bits per heavy atom. The number of ketones is 1. The first-order chi connectivity index (χ1) is 20.2. The Hall–Kier alpha value is -2.55. The van der Waals surface area contributed by atoms with Crippen molar-refractivity contribution >= 4 is 11.9 Å². The van der Waals surface area contributed by atoms with Crippen LogP contribution in [0.5, 0.6) is 11.5 Å². The fraction of sp³-hybridized carbons (Fsp3) is 0.605. The molecule has 3 heteroatoms. The molecule has 2 aromatic rings. The van der Waals surface area contributed by atoms with Gasteiger partial charge in [-0.15, -0.1) is 0 Å². The lowest BCUT2D eigenvalue weighted by Gasteiger charge is -2.07. The molecule has 0 saturated carbocycles. The van der Waals surface area contributed by atoms with Crippen LogP contribution in [0.2, 0.25) is 0 Å². The summed E-state index contributed by atoms with van der Waals surface area (Å²) in [6, 6.07) is 15.5. The second kappa shape index (κ2) is 24.1. The van der Waals surface area contributed by atoms with Crippen molar-refractivity contribution in [1.82, 2.24) is 0 Å². The van der Waals surface area contributed by atoms with Crippen molar-refractivity contribution < 1.29 is 14.3 Å². The minimum Gasteiger partial charge on any atom is -0.494 e. The summed E-state index contributed by atoms with van der Waals surface area (Å²) in [6.07, 6.45) is 28.6. The molecule has 0 aliphatic heterocycles. The van der Waals surface area contributed by atoms with Crippen LogP contribution >= 0.6 is 0 Å². The molecule has 228 valence electrons. The second-order valence-corrected chi connectivity index (χ2v) is 11.5. The van der Waals surface area contributed by atoms with E-state index in [0.717, 1.165) is 36.5 Å². The van der Waals surface area contributed by atoms with Gasteiger partial charge < -0.3 is 9.47 Å². The summed E-state index contributed by atoms with van der Waals surface area (Å²) in [5.74, 6) is 1.64. The van der Waals surface area contributed by atoms with E-state index >= 15 is 0 Å². The van der Waals surface area contributed by atoms with E-state index in [-0.39, 0.29) is 5.78 Å². The average Bonchev–Trinajstić information content (AvgIpc) is 3.00. The summed E-state index contributed by atoms with van der Waals surface area (Å²) in [5.41, 5.74) is 1.64. The number of unbranched alkanes of at least 4 members (excludes halogenated alkanes) is 17. The van der Waals surface area contributed by atoms with E-state index in [4.69, 9.17) is 9.47 Å². The Bertz CT molecular complexity index is 931. The summed E-state index contributed by atoms with van der Waals surface area (Å²) in [6.45, 7) is 5.98. The Labute approximate surface area is 252 Å². The van der Waals surface area contributed by atoms with E-state index < -0.39 is 0 Å². The van der Waals surface area contributed by atoms with Crippen molar-refractivity contribution in [2.24, 2.45) is 0 Å². The van der Waals surface area contributed by atoms with E-state index in [1.807, 2.05) is 54.6 Å². The summed E-state index contributed by atoms with van der Waals surface area (Å²) < 4.78 is 11.8. The summed E-state index contributed by atoms with van der Waals surface area (Å²) >= 11 is 0. The van der Waals surface area contributed by atoms with Gasteiger partial charge in [-0.25, -0.2) is 0 Å². The minimum atomic E-state index is -0.0145. The highest BCUT2D eigenvalue weighted by Crippen LogP contribution is 2.18. The zero-order valence-corrected chi connectivity index (χ0v) is 26.3. The Kier molecular flexibility index (Phi) is 20.4. The predicted molar refractivity (Wildman–Crippen MR) is 176 cm³/mol. The lowest BCUT2D eigenvalue weighted by Crippen LogP contribution is -2.00. The quantitative estimate of drug-likeness (QED) is 0.0650. The molecule has 0 aliphatic carbocycles. The molecule has 41 heavy (non-hydrogen) atoms. The number of ether oxygens (including phenoxy) is 2. The van der Waals surface area contributed by atoms with Crippen LogP contribution in [-0.4, -0.2) is 19.0 Å². The van der Waals surface area contributed by atoms with Gasteiger partial charge in [0.25, 0.3) is 0 Å². The van der Waals surface area contributed by atoms with Crippen molar-refractivity contribution in [2.45, 2.75) is 136 Å². The molecule has 2 aromatic carbocycles.